The van der Waals surface area contributed by atoms with Crippen LogP contribution in [-0.2, 0) is 47.3 Å². The first-order valence-corrected chi connectivity index (χ1v) is 25.2. The zero-order valence-corrected chi connectivity index (χ0v) is 38.5. The molecule has 0 amide bonds. The van der Waals surface area contributed by atoms with Crippen LogP contribution in [0.1, 0.15) is 162 Å². The molecule has 2 saturated carbocycles. The highest BCUT2D eigenvalue weighted by Crippen LogP contribution is 2.47. The maximum absolute atomic E-state index is 12.9. The molecule has 11 unspecified atom stereocenters. The van der Waals surface area contributed by atoms with E-state index >= 15 is 0 Å². The van der Waals surface area contributed by atoms with Crippen LogP contribution in [0, 0.1) is 11.8 Å². The number of fused-ring (bicyclic) bond motifs is 2. The zero-order chi connectivity index (χ0) is 46.0. The van der Waals surface area contributed by atoms with Crippen molar-refractivity contribution < 1.29 is 83.0 Å². The minimum Gasteiger partial charge on any atom is -0.462 e. The summed E-state index contributed by atoms with van der Waals surface area (Å²) in [6, 6.07) is 0. The average molecular weight is 923 g/mol. The van der Waals surface area contributed by atoms with E-state index in [1.54, 1.807) is 0 Å². The molecule has 2 aliphatic carbocycles. The van der Waals surface area contributed by atoms with Gasteiger partial charge in [0.05, 0.1) is 12.7 Å². The Morgan fingerprint density at radius 3 is 1.87 bits per heavy atom. The predicted molar refractivity (Wildman–Crippen MR) is 232 cm³/mol. The number of carbonyl (C=O) groups excluding carboxylic acids is 2. The van der Waals surface area contributed by atoms with Crippen molar-refractivity contribution in [1.29, 1.82) is 0 Å². The second-order valence-electron chi connectivity index (χ2n) is 17.4. The molecule has 0 spiro atoms. The molecule has 1 saturated heterocycles. The van der Waals surface area contributed by atoms with E-state index in [4.69, 9.17) is 28.3 Å². The summed E-state index contributed by atoms with van der Waals surface area (Å²) in [4.78, 5) is 51.6. The summed E-state index contributed by atoms with van der Waals surface area (Å²) in [5, 5.41) is 59.7. The van der Waals surface area contributed by atoms with Gasteiger partial charge in [0.25, 0.3) is 0 Å². The van der Waals surface area contributed by atoms with Crippen molar-refractivity contribution in [3.63, 3.8) is 0 Å². The van der Waals surface area contributed by atoms with Crippen molar-refractivity contribution in [3.8, 4) is 0 Å². The van der Waals surface area contributed by atoms with E-state index in [1.165, 1.54) is 51.4 Å². The number of aliphatic hydroxyl groups excluding tert-OH is 5. The van der Waals surface area contributed by atoms with E-state index < -0.39 is 75.7 Å². The molecule has 0 aromatic carbocycles. The molecular formula is C45H79O17P. The Labute approximate surface area is 373 Å². The predicted octanol–water partition coefficient (Wildman–Crippen LogP) is 6.69. The number of esters is 2. The summed E-state index contributed by atoms with van der Waals surface area (Å²) in [6.07, 6.45) is 15.3. The van der Waals surface area contributed by atoms with E-state index in [1.807, 2.05) is 18.2 Å². The highest BCUT2D eigenvalue weighted by molar-refractivity contribution is 7.47. The van der Waals surface area contributed by atoms with Crippen LogP contribution < -0.4 is 0 Å². The molecule has 3 aliphatic rings. The Kier molecular flexibility index (Phi) is 27.5. The summed E-state index contributed by atoms with van der Waals surface area (Å²) < 4.78 is 33.6. The minimum absolute atomic E-state index is 0.0311. The highest BCUT2D eigenvalue weighted by Gasteiger charge is 2.52. The number of allylic oxidation sites excluding steroid dienone is 2. The van der Waals surface area contributed by atoms with Gasteiger partial charge in [0.15, 0.2) is 6.10 Å². The van der Waals surface area contributed by atoms with Crippen molar-refractivity contribution in [2.24, 2.45) is 11.8 Å². The van der Waals surface area contributed by atoms with Crippen LogP contribution in [-0.4, -0.2) is 122 Å². The van der Waals surface area contributed by atoms with Crippen molar-refractivity contribution >= 4 is 19.8 Å². The fourth-order valence-electron chi connectivity index (χ4n) is 8.37. The van der Waals surface area contributed by atoms with Crippen LogP contribution in [0.3, 0.4) is 0 Å². The van der Waals surface area contributed by atoms with Crippen molar-refractivity contribution in [3.05, 3.63) is 24.3 Å². The van der Waals surface area contributed by atoms with Crippen molar-refractivity contribution in [2.75, 3.05) is 13.2 Å². The number of unbranched alkanes of at least 4 members (excludes halogenated alkanes) is 15. The fourth-order valence-corrected chi connectivity index (χ4v) is 9.35. The third-order valence-electron chi connectivity index (χ3n) is 12.2. The van der Waals surface area contributed by atoms with Gasteiger partial charge in [-0.1, -0.05) is 134 Å². The summed E-state index contributed by atoms with van der Waals surface area (Å²) >= 11 is 0. The SMILES string of the molecule is CCCCCCCCCCCCCCCC(=O)OCC(COP(=O)(O)OC1C(O)C(O)C(O)C(O)C1O)OC(=O)CCC/C=C\CC1C2CC(OO2)C1/C=C/C(CCCCC)OO. The smallest absolute Gasteiger partial charge is 0.462 e. The van der Waals surface area contributed by atoms with E-state index in [-0.39, 0.29) is 43.0 Å². The molecule has 17 nitrogen and oxygen atoms in total. The summed E-state index contributed by atoms with van der Waals surface area (Å²) in [6.45, 7) is 3.06. The lowest BCUT2D eigenvalue weighted by Crippen LogP contribution is -2.64. The Morgan fingerprint density at radius 1 is 0.698 bits per heavy atom. The molecule has 63 heavy (non-hydrogen) atoms. The average Bonchev–Trinajstić information content (AvgIpc) is 3.88. The lowest BCUT2D eigenvalue weighted by atomic mass is 9.85. The van der Waals surface area contributed by atoms with Crippen LogP contribution in [0.15, 0.2) is 24.3 Å². The van der Waals surface area contributed by atoms with Crippen LogP contribution in [0.5, 0.6) is 0 Å². The van der Waals surface area contributed by atoms with Crippen LogP contribution in [0.4, 0.5) is 0 Å². The van der Waals surface area contributed by atoms with Crippen LogP contribution in [0.2, 0.25) is 0 Å². The summed E-state index contributed by atoms with van der Waals surface area (Å²) in [7, 11) is -5.17. The van der Waals surface area contributed by atoms with Gasteiger partial charge in [0, 0.05) is 31.1 Å². The monoisotopic (exact) mass is 923 g/mol. The Morgan fingerprint density at radius 2 is 1.25 bits per heavy atom. The van der Waals surface area contributed by atoms with E-state index in [2.05, 4.69) is 24.8 Å². The number of carbonyl (C=O) groups is 2. The molecule has 0 aromatic rings. The fraction of sp³-hybridized carbons (Fsp3) is 0.867. The van der Waals surface area contributed by atoms with Crippen LogP contribution >= 0.6 is 7.82 Å². The van der Waals surface area contributed by atoms with E-state index in [0.29, 0.717) is 25.7 Å². The summed E-state index contributed by atoms with van der Waals surface area (Å²) in [5.41, 5.74) is 0. The normalized spacial score (nSPS) is 29.0. The van der Waals surface area contributed by atoms with E-state index in [9.17, 15) is 49.8 Å². The molecule has 11 atom stereocenters. The Balaban J connectivity index is 1.45. The lowest BCUT2D eigenvalue weighted by Gasteiger charge is -2.41. The highest BCUT2D eigenvalue weighted by atomic mass is 31.2. The number of rotatable bonds is 35. The number of aliphatic hydroxyl groups is 5. The number of phosphoric ester groups is 1. The van der Waals surface area contributed by atoms with Gasteiger partial charge in [-0.2, -0.15) is 0 Å². The van der Waals surface area contributed by atoms with Gasteiger partial charge >= 0.3 is 19.8 Å². The largest absolute Gasteiger partial charge is 0.472 e. The minimum atomic E-state index is -5.17. The molecular weight excluding hydrogens is 843 g/mol. The first kappa shape index (κ1) is 55.5. The molecule has 18 heteroatoms. The standard InChI is InChI=1S/C45H79O17P/c1-3-5-7-8-9-10-11-12-13-14-15-16-21-25-38(46)56-30-33(31-57-63(54,55)62-45-43(51)41(49)40(48)42(50)44(45)52)58-39(47)26-22-18-17-20-24-34-35(37-29-36(34)60-61-37)28-27-32(59-53)23-19-6-4-2/h17,20,27-28,32-37,40-45,48-53H,3-16,18-19,21-26,29-31H2,1-2H3,(H,54,55)/b20-17-,28-27+. The van der Waals surface area contributed by atoms with Gasteiger partial charge in [-0.05, 0) is 32.1 Å². The maximum Gasteiger partial charge on any atom is 0.472 e. The Hall–Kier alpha value is -1.83. The van der Waals surface area contributed by atoms with Gasteiger partial charge < -0.3 is 39.9 Å². The van der Waals surface area contributed by atoms with Crippen molar-refractivity contribution in [2.45, 2.75) is 223 Å². The molecule has 1 heterocycles. The molecule has 3 fully saturated rings. The third-order valence-corrected chi connectivity index (χ3v) is 13.2. The number of ether oxygens (including phenoxy) is 2. The first-order valence-electron chi connectivity index (χ1n) is 23.7. The second kappa shape index (κ2) is 31.2. The molecule has 1 aliphatic heterocycles. The van der Waals surface area contributed by atoms with Crippen LogP contribution in [0.25, 0.3) is 0 Å². The molecule has 0 aromatic heterocycles. The van der Waals surface area contributed by atoms with Gasteiger partial charge in [-0.15, -0.1) is 0 Å². The molecule has 0 radical (unpaired) electrons. The Bertz CT molecular complexity index is 1350. The number of hydrogen-bond acceptors (Lipinski definition) is 16. The van der Waals surface area contributed by atoms with Gasteiger partial charge in [-0.3, -0.25) is 23.9 Å². The first-order chi connectivity index (χ1) is 30.3. The van der Waals surface area contributed by atoms with Gasteiger partial charge in [0.1, 0.15) is 55.4 Å². The van der Waals surface area contributed by atoms with Gasteiger partial charge in [0.2, 0.25) is 0 Å². The van der Waals surface area contributed by atoms with Gasteiger partial charge in [-0.25, -0.2) is 19.2 Å². The number of hydrogen-bond donors (Lipinski definition) is 7. The second-order valence-corrected chi connectivity index (χ2v) is 18.9. The summed E-state index contributed by atoms with van der Waals surface area (Å²) in [5.74, 6) is -0.957. The lowest BCUT2D eigenvalue weighted by molar-refractivity contribution is -0.336. The topological polar surface area (TPSA) is 257 Å². The molecule has 3 rings (SSSR count). The molecule has 7 N–H and O–H groups in total. The maximum atomic E-state index is 12.9. The molecule has 2 bridgehead atoms. The quantitative estimate of drug-likeness (QED) is 0.00872. The van der Waals surface area contributed by atoms with E-state index in [0.717, 1.165) is 57.8 Å². The third kappa shape index (κ3) is 20.7. The van der Waals surface area contributed by atoms with Crippen molar-refractivity contribution in [1.82, 2.24) is 0 Å². The molecule has 366 valence electrons. The number of phosphoric acid groups is 1. The zero-order valence-electron chi connectivity index (χ0n) is 37.6.